The van der Waals surface area contributed by atoms with E-state index in [2.05, 4.69) is 12.2 Å². The molecule has 1 aromatic rings. The second-order valence-corrected chi connectivity index (χ2v) is 9.24. The van der Waals surface area contributed by atoms with Gasteiger partial charge < -0.3 is 15.2 Å². The van der Waals surface area contributed by atoms with Crippen LogP contribution in [0.1, 0.15) is 55.8 Å². The van der Waals surface area contributed by atoms with Crippen LogP contribution in [0, 0.1) is 23.2 Å². The molecule has 146 valence electrons. The zero-order chi connectivity index (χ0) is 19.2. The first-order valence-corrected chi connectivity index (χ1v) is 10.2. The Hall–Kier alpha value is -1.75. The quantitative estimate of drug-likeness (QED) is 0.746. The van der Waals surface area contributed by atoms with E-state index >= 15 is 0 Å². The molecule has 4 aliphatic rings. The molecule has 27 heavy (non-hydrogen) atoms. The lowest BCUT2D eigenvalue weighted by atomic mass is 9.48. The highest BCUT2D eigenvalue weighted by molar-refractivity contribution is 6.31. The third-order valence-corrected chi connectivity index (χ3v) is 7.13. The first kappa shape index (κ1) is 18.6. The van der Waals surface area contributed by atoms with Crippen molar-refractivity contribution >= 4 is 23.5 Å². The summed E-state index contributed by atoms with van der Waals surface area (Å²) >= 11 is 5.84. The average Bonchev–Trinajstić information content (AvgIpc) is 2.60. The van der Waals surface area contributed by atoms with Crippen molar-refractivity contribution in [3.05, 3.63) is 28.8 Å². The fourth-order valence-electron chi connectivity index (χ4n) is 6.02. The van der Waals surface area contributed by atoms with Crippen LogP contribution in [0.5, 0.6) is 5.75 Å². The summed E-state index contributed by atoms with van der Waals surface area (Å²) in [6, 6.07) is 4.22. The molecule has 4 saturated carbocycles. The Labute approximate surface area is 164 Å². The first-order chi connectivity index (χ1) is 12.8. The van der Waals surface area contributed by atoms with E-state index in [4.69, 9.17) is 16.3 Å². The van der Waals surface area contributed by atoms with Crippen LogP contribution in [0.4, 0.5) is 0 Å². The number of amides is 1. The predicted molar refractivity (Wildman–Crippen MR) is 102 cm³/mol. The Balaban J connectivity index is 1.33. The van der Waals surface area contributed by atoms with Gasteiger partial charge in [-0.15, -0.1) is 0 Å². The lowest BCUT2D eigenvalue weighted by Crippen LogP contribution is -2.56. The minimum absolute atomic E-state index is 0.0376. The maximum Gasteiger partial charge on any atom is 0.342 e. The van der Waals surface area contributed by atoms with E-state index in [-0.39, 0.29) is 35.3 Å². The second kappa shape index (κ2) is 7.01. The van der Waals surface area contributed by atoms with E-state index in [1.165, 1.54) is 56.7 Å². The molecule has 0 radical (unpaired) electrons. The van der Waals surface area contributed by atoms with Gasteiger partial charge in [0.05, 0.1) is 0 Å². The van der Waals surface area contributed by atoms with Gasteiger partial charge in [-0.3, -0.25) is 4.79 Å². The molecule has 1 atom stereocenters. The highest BCUT2D eigenvalue weighted by Gasteiger charge is 2.53. The Morgan fingerprint density at radius 3 is 2.41 bits per heavy atom. The van der Waals surface area contributed by atoms with Gasteiger partial charge in [0.1, 0.15) is 11.3 Å². The van der Waals surface area contributed by atoms with E-state index in [0.717, 1.165) is 17.8 Å². The van der Waals surface area contributed by atoms with Gasteiger partial charge in [0, 0.05) is 11.1 Å². The number of rotatable bonds is 5. The lowest BCUT2D eigenvalue weighted by molar-refractivity contribution is -0.128. The number of esters is 1. The standard InChI is InChI=1S/C21H26ClNO4/c1-12(21-8-13-4-14(9-21)6-15(5-13)10-21)23-19(25)11-27-20(26)17-7-16(22)2-3-18(17)24/h2-3,7,12-15,24H,4-6,8-11H2,1H3,(H,23,25)/t12-,13?,14?,15?,21?/m1/s1. The average molecular weight is 392 g/mol. The summed E-state index contributed by atoms with van der Waals surface area (Å²) in [6.45, 7) is 1.73. The number of hydrogen-bond acceptors (Lipinski definition) is 4. The van der Waals surface area contributed by atoms with Gasteiger partial charge in [-0.25, -0.2) is 4.79 Å². The number of benzene rings is 1. The van der Waals surface area contributed by atoms with Crippen molar-refractivity contribution < 1.29 is 19.4 Å². The lowest BCUT2D eigenvalue weighted by Gasteiger charge is -2.59. The van der Waals surface area contributed by atoms with Gasteiger partial charge in [0.25, 0.3) is 5.91 Å². The first-order valence-electron chi connectivity index (χ1n) is 9.79. The third-order valence-electron chi connectivity index (χ3n) is 6.89. The molecular weight excluding hydrogens is 366 g/mol. The number of halogens is 1. The number of phenolic OH excluding ortho intramolecular Hbond substituents is 1. The van der Waals surface area contributed by atoms with Gasteiger partial charge in [-0.2, -0.15) is 0 Å². The number of aromatic hydroxyl groups is 1. The van der Waals surface area contributed by atoms with Crippen molar-refractivity contribution in [2.75, 3.05) is 6.61 Å². The van der Waals surface area contributed by atoms with Gasteiger partial charge >= 0.3 is 5.97 Å². The van der Waals surface area contributed by atoms with E-state index in [9.17, 15) is 14.7 Å². The summed E-state index contributed by atoms with van der Waals surface area (Å²) in [6.07, 6.45) is 7.70. The van der Waals surface area contributed by atoms with Crippen molar-refractivity contribution in [2.45, 2.75) is 51.5 Å². The number of hydrogen-bond donors (Lipinski definition) is 2. The second-order valence-electron chi connectivity index (χ2n) is 8.81. The molecule has 1 amide bonds. The zero-order valence-corrected chi connectivity index (χ0v) is 16.3. The van der Waals surface area contributed by atoms with Crippen LogP contribution in [0.25, 0.3) is 0 Å². The van der Waals surface area contributed by atoms with Crippen molar-refractivity contribution in [3.8, 4) is 5.75 Å². The summed E-state index contributed by atoms with van der Waals surface area (Å²) in [4.78, 5) is 24.5. The van der Waals surface area contributed by atoms with Crippen LogP contribution in [0.2, 0.25) is 5.02 Å². The summed E-state index contributed by atoms with van der Waals surface area (Å²) in [5.41, 5.74) is 0.170. The smallest absolute Gasteiger partial charge is 0.342 e. The monoisotopic (exact) mass is 391 g/mol. The minimum Gasteiger partial charge on any atom is -0.507 e. The SMILES string of the molecule is C[C@@H](NC(=O)COC(=O)c1cc(Cl)ccc1O)C12CC3CC(CC(C3)C1)C2. The van der Waals surface area contributed by atoms with Crippen LogP contribution in [-0.4, -0.2) is 29.6 Å². The molecule has 0 aliphatic heterocycles. The summed E-state index contributed by atoms with van der Waals surface area (Å²) in [5, 5.41) is 13.1. The van der Waals surface area contributed by atoms with Crippen molar-refractivity contribution in [1.82, 2.24) is 5.32 Å². The molecule has 4 aliphatic carbocycles. The summed E-state index contributed by atoms with van der Waals surface area (Å²) in [7, 11) is 0. The number of nitrogens with one attached hydrogen (secondary N) is 1. The van der Waals surface area contributed by atoms with Gasteiger partial charge in [0.2, 0.25) is 0 Å². The molecule has 4 fully saturated rings. The fourth-order valence-corrected chi connectivity index (χ4v) is 6.20. The fraction of sp³-hybridized carbons (Fsp3) is 0.619. The minimum atomic E-state index is -0.757. The van der Waals surface area contributed by atoms with Crippen molar-refractivity contribution in [1.29, 1.82) is 0 Å². The van der Waals surface area contributed by atoms with Gasteiger partial charge in [-0.1, -0.05) is 11.6 Å². The van der Waals surface area contributed by atoms with Crippen LogP contribution in [0.15, 0.2) is 18.2 Å². The molecule has 5 nitrogen and oxygen atoms in total. The van der Waals surface area contributed by atoms with Gasteiger partial charge in [-0.05, 0) is 86.8 Å². The largest absolute Gasteiger partial charge is 0.507 e. The molecule has 5 rings (SSSR count). The zero-order valence-electron chi connectivity index (χ0n) is 15.5. The van der Waals surface area contributed by atoms with E-state index in [0.29, 0.717) is 5.02 Å². The van der Waals surface area contributed by atoms with Crippen molar-refractivity contribution in [2.24, 2.45) is 23.2 Å². The molecule has 4 bridgehead atoms. The number of ether oxygens (including phenoxy) is 1. The predicted octanol–water partition coefficient (Wildman–Crippen LogP) is 3.92. The number of carbonyl (C=O) groups excluding carboxylic acids is 2. The number of phenols is 1. The molecule has 6 heteroatoms. The van der Waals surface area contributed by atoms with Crippen LogP contribution in [-0.2, 0) is 9.53 Å². The Morgan fingerprint density at radius 1 is 1.22 bits per heavy atom. The number of carbonyl (C=O) groups is 2. The summed E-state index contributed by atoms with van der Waals surface area (Å²) in [5.74, 6) is 1.19. The topological polar surface area (TPSA) is 75.6 Å². The molecule has 2 N–H and O–H groups in total. The summed E-state index contributed by atoms with van der Waals surface area (Å²) < 4.78 is 5.08. The Kier molecular flexibility index (Phi) is 4.83. The van der Waals surface area contributed by atoms with Gasteiger partial charge in [0.15, 0.2) is 6.61 Å². The molecular formula is C21H26ClNO4. The molecule has 0 aromatic heterocycles. The Bertz CT molecular complexity index is 727. The normalized spacial score (nSPS) is 32.1. The van der Waals surface area contributed by atoms with Crippen LogP contribution >= 0.6 is 11.6 Å². The third kappa shape index (κ3) is 3.66. The highest BCUT2D eigenvalue weighted by Crippen LogP contribution is 2.61. The molecule has 0 heterocycles. The molecule has 1 aromatic carbocycles. The maximum atomic E-state index is 12.4. The Morgan fingerprint density at radius 2 is 1.81 bits per heavy atom. The van der Waals surface area contributed by atoms with Crippen LogP contribution in [0.3, 0.4) is 0 Å². The maximum absolute atomic E-state index is 12.4. The van der Waals surface area contributed by atoms with Crippen LogP contribution < -0.4 is 5.32 Å². The van der Waals surface area contributed by atoms with E-state index in [1.54, 1.807) is 0 Å². The molecule has 0 saturated heterocycles. The molecule has 0 spiro atoms. The molecule has 0 unspecified atom stereocenters. The van der Waals surface area contributed by atoms with Crippen molar-refractivity contribution in [3.63, 3.8) is 0 Å². The van der Waals surface area contributed by atoms with E-state index < -0.39 is 5.97 Å². The van der Waals surface area contributed by atoms with E-state index in [1.807, 2.05) is 0 Å². The highest BCUT2D eigenvalue weighted by atomic mass is 35.5.